The van der Waals surface area contributed by atoms with Crippen molar-refractivity contribution in [1.29, 1.82) is 0 Å². The second-order valence-electron chi connectivity index (χ2n) is 5.88. The fourth-order valence-corrected chi connectivity index (χ4v) is 3.03. The lowest BCUT2D eigenvalue weighted by atomic mass is 9.97. The van der Waals surface area contributed by atoms with Gasteiger partial charge in [-0.05, 0) is 36.6 Å². The first-order chi connectivity index (χ1) is 11.1. The average molecular weight is 302 g/mol. The average Bonchev–Trinajstić information content (AvgIpc) is 2.83. The molecule has 23 heavy (non-hydrogen) atoms. The molecule has 1 unspecified atom stereocenters. The molecule has 1 atom stereocenters. The molecule has 2 heteroatoms. The topological polar surface area (TPSA) is 24.1 Å². The SMILES string of the molecule is C=C1NC(Cc2ccccc2)C(=C)/C1=C(\C)Nc1ccccc1. The van der Waals surface area contributed by atoms with Crippen molar-refractivity contribution in [3.05, 3.63) is 102 Å². The molecule has 0 aromatic heterocycles. The molecule has 2 nitrogen and oxygen atoms in total. The van der Waals surface area contributed by atoms with E-state index >= 15 is 0 Å². The van der Waals surface area contributed by atoms with Crippen LogP contribution in [0.3, 0.4) is 0 Å². The Morgan fingerprint density at radius 1 is 1.00 bits per heavy atom. The van der Waals surface area contributed by atoms with Crippen LogP contribution >= 0.6 is 0 Å². The molecule has 1 aliphatic rings. The van der Waals surface area contributed by atoms with Gasteiger partial charge in [0.25, 0.3) is 0 Å². The fraction of sp³-hybridized carbons (Fsp3) is 0.143. The van der Waals surface area contributed by atoms with Crippen LogP contribution in [0.5, 0.6) is 0 Å². The number of hydrogen-bond acceptors (Lipinski definition) is 2. The molecule has 2 aromatic rings. The van der Waals surface area contributed by atoms with Gasteiger partial charge < -0.3 is 10.6 Å². The predicted molar refractivity (Wildman–Crippen MR) is 98.1 cm³/mol. The van der Waals surface area contributed by atoms with Crippen LogP contribution in [0.2, 0.25) is 0 Å². The Morgan fingerprint density at radius 3 is 2.26 bits per heavy atom. The van der Waals surface area contributed by atoms with Crippen LogP contribution in [0.15, 0.2) is 96.4 Å². The number of allylic oxidation sites excluding steroid dienone is 2. The predicted octanol–water partition coefficient (Wildman–Crippen LogP) is 4.66. The molecule has 0 bridgehead atoms. The molecule has 116 valence electrons. The molecule has 1 saturated heterocycles. The van der Waals surface area contributed by atoms with Gasteiger partial charge in [0.1, 0.15) is 0 Å². The largest absolute Gasteiger partial charge is 0.378 e. The zero-order chi connectivity index (χ0) is 16.2. The summed E-state index contributed by atoms with van der Waals surface area (Å²) in [5.41, 5.74) is 6.60. The van der Waals surface area contributed by atoms with E-state index in [1.165, 1.54) is 5.56 Å². The summed E-state index contributed by atoms with van der Waals surface area (Å²) in [7, 11) is 0. The van der Waals surface area contributed by atoms with Crippen molar-refractivity contribution in [3.63, 3.8) is 0 Å². The summed E-state index contributed by atoms with van der Waals surface area (Å²) in [4.78, 5) is 0. The van der Waals surface area contributed by atoms with Crippen molar-refractivity contribution < 1.29 is 0 Å². The van der Waals surface area contributed by atoms with Gasteiger partial charge in [0, 0.05) is 22.7 Å². The lowest BCUT2D eigenvalue weighted by Crippen LogP contribution is -2.23. The third-order valence-electron chi connectivity index (χ3n) is 4.16. The first kappa shape index (κ1) is 15.2. The van der Waals surface area contributed by atoms with Gasteiger partial charge in [-0.15, -0.1) is 0 Å². The molecule has 2 N–H and O–H groups in total. The van der Waals surface area contributed by atoms with Gasteiger partial charge >= 0.3 is 0 Å². The second-order valence-corrected chi connectivity index (χ2v) is 5.88. The Morgan fingerprint density at radius 2 is 1.61 bits per heavy atom. The third kappa shape index (κ3) is 3.37. The summed E-state index contributed by atoms with van der Waals surface area (Å²) in [5.74, 6) is 0. The normalized spacial score (nSPS) is 19.4. The van der Waals surface area contributed by atoms with Crippen LogP contribution in [0, 0.1) is 0 Å². The summed E-state index contributed by atoms with van der Waals surface area (Å²) in [5, 5.41) is 6.92. The first-order valence-electron chi connectivity index (χ1n) is 7.87. The molecular weight excluding hydrogens is 280 g/mol. The van der Waals surface area contributed by atoms with E-state index in [9.17, 15) is 0 Å². The van der Waals surface area contributed by atoms with Gasteiger partial charge in [-0.1, -0.05) is 61.7 Å². The quantitative estimate of drug-likeness (QED) is 0.858. The molecule has 1 aliphatic heterocycles. The highest BCUT2D eigenvalue weighted by Crippen LogP contribution is 2.31. The number of rotatable bonds is 4. The highest BCUT2D eigenvalue weighted by Gasteiger charge is 2.28. The number of anilines is 1. The maximum atomic E-state index is 4.31. The number of hydrogen-bond donors (Lipinski definition) is 2. The molecular formula is C21H22N2. The van der Waals surface area contributed by atoms with Crippen molar-refractivity contribution >= 4 is 5.69 Å². The lowest BCUT2D eigenvalue weighted by molar-refractivity contribution is 0.698. The van der Waals surface area contributed by atoms with Gasteiger partial charge in [-0.3, -0.25) is 0 Å². The van der Waals surface area contributed by atoms with Crippen LogP contribution in [0.4, 0.5) is 5.69 Å². The minimum absolute atomic E-state index is 0.201. The van der Waals surface area contributed by atoms with E-state index < -0.39 is 0 Å². The standard InChI is InChI=1S/C21H22N2/c1-15-20(14-18-10-6-4-7-11-18)23-17(3)21(15)16(2)22-19-12-8-5-9-13-19/h4-13,20,22-23H,1,3,14H2,2H3/b21-16-. The van der Waals surface area contributed by atoms with Gasteiger partial charge in [-0.2, -0.15) is 0 Å². The van der Waals surface area contributed by atoms with Crippen LogP contribution in [0.1, 0.15) is 12.5 Å². The molecule has 1 heterocycles. The molecule has 2 aromatic carbocycles. The summed E-state index contributed by atoms with van der Waals surface area (Å²) < 4.78 is 0. The van der Waals surface area contributed by atoms with Crippen molar-refractivity contribution in [3.8, 4) is 0 Å². The number of benzene rings is 2. The number of nitrogens with one attached hydrogen (secondary N) is 2. The van der Waals surface area contributed by atoms with Gasteiger partial charge in [0.05, 0.1) is 6.04 Å². The van der Waals surface area contributed by atoms with Gasteiger partial charge in [0.2, 0.25) is 0 Å². The minimum Gasteiger partial charge on any atom is -0.378 e. The molecule has 0 spiro atoms. The van der Waals surface area contributed by atoms with Crippen molar-refractivity contribution in [2.75, 3.05) is 5.32 Å². The smallest absolute Gasteiger partial charge is 0.0555 e. The Kier molecular flexibility index (Phi) is 4.33. The molecule has 0 saturated carbocycles. The van der Waals surface area contributed by atoms with E-state index in [1.807, 2.05) is 24.3 Å². The van der Waals surface area contributed by atoms with Crippen LogP contribution in [-0.4, -0.2) is 6.04 Å². The Bertz CT molecular complexity index is 742. The lowest BCUT2D eigenvalue weighted by Gasteiger charge is -2.13. The first-order valence-corrected chi connectivity index (χ1v) is 7.87. The second kappa shape index (κ2) is 6.57. The van der Waals surface area contributed by atoms with Gasteiger partial charge in [-0.25, -0.2) is 0 Å². The van der Waals surface area contributed by atoms with E-state index in [0.717, 1.165) is 34.6 Å². The van der Waals surface area contributed by atoms with Crippen LogP contribution in [-0.2, 0) is 6.42 Å². The molecule has 3 rings (SSSR count). The van der Waals surface area contributed by atoms with Crippen LogP contribution < -0.4 is 10.6 Å². The summed E-state index contributed by atoms with van der Waals surface area (Å²) in [6, 6.07) is 20.8. The maximum absolute atomic E-state index is 4.31. The minimum atomic E-state index is 0.201. The van der Waals surface area contributed by atoms with E-state index in [2.05, 4.69) is 67.1 Å². The Balaban J connectivity index is 1.79. The van der Waals surface area contributed by atoms with Crippen molar-refractivity contribution in [1.82, 2.24) is 5.32 Å². The Hall–Kier alpha value is -2.74. The van der Waals surface area contributed by atoms with Crippen molar-refractivity contribution in [2.45, 2.75) is 19.4 Å². The maximum Gasteiger partial charge on any atom is 0.0555 e. The Labute approximate surface area is 138 Å². The van der Waals surface area contributed by atoms with E-state index in [1.54, 1.807) is 0 Å². The molecule has 0 radical (unpaired) electrons. The van der Waals surface area contributed by atoms with E-state index in [4.69, 9.17) is 0 Å². The zero-order valence-corrected chi connectivity index (χ0v) is 13.5. The zero-order valence-electron chi connectivity index (χ0n) is 13.5. The third-order valence-corrected chi connectivity index (χ3v) is 4.16. The summed E-state index contributed by atoms with van der Waals surface area (Å²) in [6.45, 7) is 10.6. The van der Waals surface area contributed by atoms with Gasteiger partial charge in [0.15, 0.2) is 0 Å². The van der Waals surface area contributed by atoms with Crippen LogP contribution in [0.25, 0.3) is 0 Å². The summed E-state index contributed by atoms with van der Waals surface area (Å²) in [6.07, 6.45) is 0.917. The van der Waals surface area contributed by atoms with Crippen molar-refractivity contribution in [2.24, 2.45) is 0 Å². The number of para-hydroxylation sites is 1. The highest BCUT2D eigenvalue weighted by molar-refractivity contribution is 5.59. The fourth-order valence-electron chi connectivity index (χ4n) is 3.03. The molecule has 0 amide bonds. The molecule has 1 fully saturated rings. The van der Waals surface area contributed by atoms with E-state index in [0.29, 0.717) is 0 Å². The highest BCUT2D eigenvalue weighted by atomic mass is 15.0. The summed E-state index contributed by atoms with van der Waals surface area (Å²) >= 11 is 0. The monoisotopic (exact) mass is 302 g/mol. The van der Waals surface area contributed by atoms with E-state index in [-0.39, 0.29) is 6.04 Å². The molecule has 0 aliphatic carbocycles.